The first-order valence-corrected chi connectivity index (χ1v) is 5.58. The summed E-state index contributed by atoms with van der Waals surface area (Å²) in [5.41, 5.74) is 6.30. The second kappa shape index (κ2) is 5.23. The smallest absolute Gasteiger partial charge is 0.238 e. The average Bonchev–Trinajstić information content (AvgIpc) is 2.28. The maximum atomic E-state index is 5.71. The van der Waals surface area contributed by atoms with Gasteiger partial charge in [-0.15, -0.1) is 0 Å². The summed E-state index contributed by atoms with van der Waals surface area (Å²) in [6.07, 6.45) is 0. The van der Waals surface area contributed by atoms with Crippen molar-refractivity contribution in [3.05, 3.63) is 12.1 Å². The van der Waals surface area contributed by atoms with E-state index in [0.29, 0.717) is 11.6 Å². The largest absolute Gasteiger partial charge is 0.479 e. The van der Waals surface area contributed by atoms with Gasteiger partial charge in [0.25, 0.3) is 0 Å². The number of anilines is 2. The molecule has 5 nitrogen and oxygen atoms in total. The maximum absolute atomic E-state index is 5.71. The van der Waals surface area contributed by atoms with Crippen LogP contribution in [0.3, 0.4) is 0 Å². The zero-order valence-corrected chi connectivity index (χ0v) is 11.2. The highest BCUT2D eigenvalue weighted by molar-refractivity contribution is 5.53. The Morgan fingerprint density at radius 2 is 2.06 bits per heavy atom. The molecule has 96 valence electrons. The number of nitrogens with two attached hydrogens (primary N) is 1. The molecular weight excluding hydrogens is 216 g/mol. The third-order valence-corrected chi connectivity index (χ3v) is 3.00. The van der Waals surface area contributed by atoms with Gasteiger partial charge in [-0.3, -0.25) is 0 Å². The van der Waals surface area contributed by atoms with Crippen molar-refractivity contribution in [3.8, 4) is 5.88 Å². The van der Waals surface area contributed by atoms with E-state index in [-0.39, 0.29) is 5.54 Å². The molecule has 0 saturated carbocycles. The van der Waals surface area contributed by atoms with Crippen LogP contribution in [0.15, 0.2) is 12.1 Å². The molecule has 0 aliphatic carbocycles. The van der Waals surface area contributed by atoms with Crippen molar-refractivity contribution in [2.75, 3.05) is 38.8 Å². The van der Waals surface area contributed by atoms with Gasteiger partial charge in [0, 0.05) is 12.1 Å². The Morgan fingerprint density at radius 3 is 2.59 bits per heavy atom. The fourth-order valence-electron chi connectivity index (χ4n) is 1.18. The molecule has 0 aromatic carbocycles. The van der Waals surface area contributed by atoms with Crippen molar-refractivity contribution in [1.29, 1.82) is 0 Å². The van der Waals surface area contributed by atoms with Gasteiger partial charge in [-0.1, -0.05) is 0 Å². The number of aromatic nitrogens is 1. The normalized spacial score (nSPS) is 11.6. The minimum atomic E-state index is 0.0519. The van der Waals surface area contributed by atoms with E-state index in [0.717, 1.165) is 12.4 Å². The Labute approximate surface area is 103 Å². The van der Waals surface area contributed by atoms with Crippen LogP contribution in [-0.2, 0) is 0 Å². The first-order chi connectivity index (χ1) is 7.86. The molecule has 1 aromatic heterocycles. The monoisotopic (exact) mass is 238 g/mol. The molecule has 3 N–H and O–H groups in total. The van der Waals surface area contributed by atoms with Crippen molar-refractivity contribution < 1.29 is 4.74 Å². The lowest BCUT2D eigenvalue weighted by molar-refractivity contribution is 0.210. The van der Waals surface area contributed by atoms with Crippen LogP contribution in [0.1, 0.15) is 13.8 Å². The van der Waals surface area contributed by atoms with Crippen LogP contribution in [0.5, 0.6) is 5.88 Å². The number of hydrogen-bond donors (Lipinski definition) is 2. The first-order valence-electron chi connectivity index (χ1n) is 5.58. The molecule has 5 heteroatoms. The van der Waals surface area contributed by atoms with Gasteiger partial charge in [0.1, 0.15) is 5.82 Å². The highest BCUT2D eigenvalue weighted by atomic mass is 16.5. The summed E-state index contributed by atoms with van der Waals surface area (Å²) in [7, 11) is 5.67. The second-order valence-electron chi connectivity index (χ2n) is 4.86. The Morgan fingerprint density at radius 1 is 1.41 bits per heavy atom. The number of pyridine rings is 1. The zero-order valence-electron chi connectivity index (χ0n) is 11.2. The Bertz CT molecular complexity index is 377. The summed E-state index contributed by atoms with van der Waals surface area (Å²) < 4.78 is 5.08. The maximum Gasteiger partial charge on any atom is 0.238 e. The molecule has 0 saturated heterocycles. The lowest BCUT2D eigenvalue weighted by atomic mass is 10.0. The van der Waals surface area contributed by atoms with E-state index in [1.807, 2.05) is 6.07 Å². The Hall–Kier alpha value is -1.49. The van der Waals surface area contributed by atoms with E-state index in [9.17, 15) is 0 Å². The molecule has 0 unspecified atom stereocenters. The lowest BCUT2D eigenvalue weighted by Gasteiger charge is -2.32. The fraction of sp³-hybridized carbons (Fsp3) is 0.583. The Kier molecular flexibility index (Phi) is 4.17. The molecule has 1 aromatic rings. The van der Waals surface area contributed by atoms with Crippen LogP contribution in [0.4, 0.5) is 11.5 Å². The molecule has 1 heterocycles. The fourth-order valence-corrected chi connectivity index (χ4v) is 1.18. The van der Waals surface area contributed by atoms with Gasteiger partial charge in [-0.2, -0.15) is 4.98 Å². The number of rotatable bonds is 5. The van der Waals surface area contributed by atoms with Crippen molar-refractivity contribution in [1.82, 2.24) is 9.88 Å². The van der Waals surface area contributed by atoms with Crippen molar-refractivity contribution in [3.63, 3.8) is 0 Å². The summed E-state index contributed by atoms with van der Waals surface area (Å²) in [6, 6.07) is 3.64. The number of ether oxygens (including phenoxy) is 1. The summed E-state index contributed by atoms with van der Waals surface area (Å²) in [4.78, 5) is 6.44. The molecule has 0 bridgehead atoms. The molecule has 0 atom stereocenters. The topological polar surface area (TPSA) is 63.4 Å². The van der Waals surface area contributed by atoms with E-state index in [4.69, 9.17) is 10.5 Å². The van der Waals surface area contributed by atoms with E-state index in [2.05, 4.69) is 43.1 Å². The van der Waals surface area contributed by atoms with Crippen molar-refractivity contribution in [2.45, 2.75) is 19.4 Å². The van der Waals surface area contributed by atoms with E-state index < -0.39 is 0 Å². The van der Waals surface area contributed by atoms with Crippen molar-refractivity contribution in [2.24, 2.45) is 0 Å². The minimum Gasteiger partial charge on any atom is -0.479 e. The van der Waals surface area contributed by atoms with E-state index >= 15 is 0 Å². The third kappa shape index (κ3) is 3.49. The molecule has 0 spiro atoms. The van der Waals surface area contributed by atoms with Gasteiger partial charge in [0.05, 0.1) is 12.8 Å². The number of methoxy groups -OCH3 is 1. The number of likely N-dealkylation sites (N-methyl/N-ethyl adjacent to an activating group) is 1. The average molecular weight is 238 g/mol. The molecule has 0 aliphatic rings. The van der Waals surface area contributed by atoms with Gasteiger partial charge < -0.3 is 20.7 Å². The molecule has 1 rings (SSSR count). The Balaban J connectivity index is 2.70. The molecule has 0 aliphatic heterocycles. The molecule has 0 amide bonds. The quantitative estimate of drug-likeness (QED) is 0.812. The molecular formula is C12H22N4O. The summed E-state index contributed by atoms with van der Waals surface area (Å²) in [5, 5.41) is 3.28. The number of nitrogens with one attached hydrogen (secondary N) is 1. The summed E-state index contributed by atoms with van der Waals surface area (Å²) >= 11 is 0. The van der Waals surface area contributed by atoms with Gasteiger partial charge in [-0.05, 0) is 40.1 Å². The number of hydrogen-bond acceptors (Lipinski definition) is 5. The van der Waals surface area contributed by atoms with Crippen LogP contribution >= 0.6 is 0 Å². The van der Waals surface area contributed by atoms with Gasteiger partial charge >= 0.3 is 0 Å². The molecule has 0 radical (unpaired) electrons. The highest BCUT2D eigenvalue weighted by Gasteiger charge is 2.20. The van der Waals surface area contributed by atoms with E-state index in [1.54, 1.807) is 13.2 Å². The second-order valence-corrected chi connectivity index (χ2v) is 4.86. The standard InChI is InChI=1S/C12H22N4O/c1-12(2,16(3)4)8-14-10-7-6-9(13)11(15-10)17-5/h6-7H,8,13H2,1-5H3,(H,14,15). The summed E-state index contributed by atoms with van der Waals surface area (Å²) in [5.74, 6) is 1.23. The number of nitrogen functional groups attached to an aromatic ring is 1. The SMILES string of the molecule is COc1nc(NCC(C)(C)N(C)C)ccc1N. The third-order valence-electron chi connectivity index (χ3n) is 3.00. The minimum absolute atomic E-state index is 0.0519. The zero-order chi connectivity index (χ0) is 13.1. The van der Waals surface area contributed by atoms with Crippen LogP contribution in [0, 0.1) is 0 Å². The van der Waals surface area contributed by atoms with Crippen LogP contribution in [0.25, 0.3) is 0 Å². The lowest BCUT2D eigenvalue weighted by Crippen LogP contribution is -2.44. The van der Waals surface area contributed by atoms with Crippen LogP contribution < -0.4 is 15.8 Å². The van der Waals surface area contributed by atoms with E-state index in [1.165, 1.54) is 0 Å². The molecule has 0 fully saturated rings. The van der Waals surface area contributed by atoms with Gasteiger partial charge in [0.15, 0.2) is 0 Å². The van der Waals surface area contributed by atoms with Gasteiger partial charge in [0.2, 0.25) is 5.88 Å². The first kappa shape index (κ1) is 13.6. The predicted octanol–water partition coefficient (Wildman–Crippen LogP) is 1.42. The van der Waals surface area contributed by atoms with Crippen molar-refractivity contribution >= 4 is 11.5 Å². The highest BCUT2D eigenvalue weighted by Crippen LogP contribution is 2.20. The predicted molar refractivity (Wildman–Crippen MR) is 71.5 cm³/mol. The number of nitrogens with zero attached hydrogens (tertiary/aromatic N) is 2. The van der Waals surface area contributed by atoms with Gasteiger partial charge in [-0.25, -0.2) is 0 Å². The molecule has 17 heavy (non-hydrogen) atoms. The summed E-state index contributed by atoms with van der Waals surface area (Å²) in [6.45, 7) is 5.11. The van der Waals surface area contributed by atoms with Crippen LogP contribution in [-0.4, -0.2) is 43.2 Å². The van der Waals surface area contributed by atoms with Crippen LogP contribution in [0.2, 0.25) is 0 Å².